The van der Waals surface area contributed by atoms with Crippen molar-refractivity contribution < 1.29 is 85.7 Å². The molecule has 0 radical (unpaired) electrons. The van der Waals surface area contributed by atoms with Gasteiger partial charge in [0.05, 0.1) is 112 Å². The first-order chi connectivity index (χ1) is 68.1. The number of nitro benzene ring substituents is 1. The second-order valence-electron chi connectivity index (χ2n) is 29.2. The average molecular weight is 2030 g/mol. The van der Waals surface area contributed by atoms with Crippen LogP contribution < -0.4 is 104 Å². The van der Waals surface area contributed by atoms with Gasteiger partial charge >= 0.3 is 0 Å². The SMILES string of the molecule is COc1cc2nccc(Oc3ccc(NC(=S)NC(=O)c4ccc([N+](=O)[O-])cc4)cc3Cl)c2cc1OC.COc1cc2ncnc(Oc3ccc(NC(=S)NC(=O)c4ccc(C)cc4)cc3)c2cc1OC.COc1cc2ncnc(Oc3ccc(NC(=S)NC(=O)c4ccc(Cl)cc4)cc3)c2cc1OC.COc1ccc(C(=O)NC(=S)Nc2ccc(Oc3ccnc4cc(OC)c(OC)cc34)c(Cl)c2)cc1. The fourth-order valence-electron chi connectivity index (χ4n) is 13.1. The van der Waals surface area contributed by atoms with E-state index < -0.39 is 10.8 Å². The molecule has 0 fully saturated rings. The highest BCUT2D eigenvalue weighted by atomic mass is 35.5. The molecule has 8 N–H and O–H groups in total. The molecule has 0 saturated heterocycles. The number of anilines is 4. The average Bonchev–Trinajstić information content (AvgIpc) is 0.803. The number of hydrogen-bond acceptors (Lipinski definition) is 29. The highest BCUT2D eigenvalue weighted by Gasteiger charge is 2.22. The monoisotopic (exact) mass is 2030 g/mol. The van der Waals surface area contributed by atoms with E-state index in [9.17, 15) is 29.3 Å². The summed E-state index contributed by atoms with van der Waals surface area (Å²) in [5.74, 6) is 7.35. The lowest BCUT2D eigenvalue weighted by Crippen LogP contribution is -2.34. The van der Waals surface area contributed by atoms with E-state index in [0.29, 0.717) is 191 Å². The smallest absolute Gasteiger partial charge is 0.269 e. The molecule has 16 aromatic rings. The summed E-state index contributed by atoms with van der Waals surface area (Å²) in [6, 6.07) is 67.4. The number of nitrogens with zero attached hydrogens (tertiary/aromatic N) is 7. The molecular weight excluding hydrogens is 1950 g/mol. The first-order valence-corrected chi connectivity index (χ1v) is 44.4. The summed E-state index contributed by atoms with van der Waals surface area (Å²) >= 11 is 39.7. The maximum atomic E-state index is 12.4. The highest BCUT2D eigenvalue weighted by Crippen LogP contribution is 2.44. The molecule has 0 atom stereocenters. The van der Waals surface area contributed by atoms with Gasteiger partial charge in [-0.25, -0.2) is 19.9 Å². The number of nitrogens with one attached hydrogen (secondary N) is 8. The Morgan fingerprint density at radius 2 is 0.589 bits per heavy atom. The van der Waals surface area contributed by atoms with Crippen molar-refractivity contribution in [2.45, 2.75) is 6.92 Å². The number of nitro groups is 1. The van der Waals surface area contributed by atoms with Gasteiger partial charge in [-0.3, -0.25) is 60.5 Å². The van der Waals surface area contributed by atoms with Crippen LogP contribution in [-0.2, 0) is 0 Å². The molecule has 41 heteroatoms. The Hall–Kier alpha value is -16.8. The number of methoxy groups -OCH3 is 9. The summed E-state index contributed by atoms with van der Waals surface area (Å²) in [7, 11) is 14.0. The molecular formula is C100H82Cl3N15O19S4. The number of aryl methyl sites for hydroxylation is 1. The minimum absolute atomic E-state index is 0.0225. The summed E-state index contributed by atoms with van der Waals surface area (Å²) in [6.45, 7) is 1.96. The van der Waals surface area contributed by atoms with E-state index in [1.165, 1.54) is 36.9 Å². The third-order valence-corrected chi connectivity index (χ3v) is 21.8. The number of hydrogen-bond donors (Lipinski definition) is 8. The van der Waals surface area contributed by atoms with Crippen molar-refractivity contribution in [3.63, 3.8) is 0 Å². The predicted molar refractivity (Wildman–Crippen MR) is 555 cm³/mol. The fraction of sp³-hybridized carbons (Fsp3) is 0.100. The van der Waals surface area contributed by atoms with Crippen LogP contribution in [0.25, 0.3) is 43.6 Å². The molecule has 4 aromatic heterocycles. The van der Waals surface area contributed by atoms with Gasteiger partial charge in [-0.05, 0) is 250 Å². The van der Waals surface area contributed by atoms with E-state index in [2.05, 4.69) is 72.4 Å². The second-order valence-corrected chi connectivity index (χ2v) is 32.0. The summed E-state index contributed by atoms with van der Waals surface area (Å²) < 4.78 is 72.1. The van der Waals surface area contributed by atoms with Crippen molar-refractivity contribution in [3.8, 4) is 98.0 Å². The number of fused-ring (bicyclic) bond motifs is 4. The van der Waals surface area contributed by atoms with Gasteiger partial charge in [0.15, 0.2) is 66.4 Å². The number of non-ortho nitro benzene ring substituents is 1. The number of rotatable bonds is 26. The van der Waals surface area contributed by atoms with Crippen LogP contribution in [0.1, 0.15) is 47.0 Å². The molecule has 0 aliphatic heterocycles. The zero-order chi connectivity index (χ0) is 100. The third-order valence-electron chi connectivity index (χ3n) is 20.1. The lowest BCUT2D eigenvalue weighted by molar-refractivity contribution is -0.384. The first kappa shape index (κ1) is 102. The van der Waals surface area contributed by atoms with Crippen molar-refractivity contribution in [1.29, 1.82) is 0 Å². The van der Waals surface area contributed by atoms with Crippen LogP contribution in [0.5, 0.6) is 98.0 Å². The van der Waals surface area contributed by atoms with Gasteiger partial charge in [-0.2, -0.15) is 0 Å². The lowest BCUT2D eigenvalue weighted by atomic mass is 10.1. The van der Waals surface area contributed by atoms with E-state index in [0.717, 1.165) is 10.9 Å². The number of thiocarbonyl (C=S) groups is 4. The summed E-state index contributed by atoms with van der Waals surface area (Å²) in [5, 5.41) is 37.5. The van der Waals surface area contributed by atoms with Crippen LogP contribution >= 0.6 is 83.7 Å². The molecule has 12 aromatic carbocycles. The first-order valence-electron chi connectivity index (χ1n) is 41.6. The number of amides is 4. The van der Waals surface area contributed by atoms with Crippen LogP contribution in [0.3, 0.4) is 0 Å². The third kappa shape index (κ3) is 27.0. The minimum atomic E-state index is -0.545. The van der Waals surface area contributed by atoms with E-state index in [4.69, 9.17) is 145 Å². The van der Waals surface area contributed by atoms with Gasteiger partial charge in [0.25, 0.3) is 29.3 Å². The number of halogens is 3. The Bertz CT molecular complexity index is 7160. The van der Waals surface area contributed by atoms with E-state index >= 15 is 0 Å². The van der Waals surface area contributed by atoms with Crippen LogP contribution in [0.15, 0.2) is 268 Å². The Balaban J connectivity index is 0.000000158. The number of aromatic nitrogens is 6. The molecule has 0 aliphatic carbocycles. The standard InChI is InChI=1S/C26H22ClN3O5S.C25H19ClN4O6S.C25H22N4O4S.C24H19ClN4O4S/c1-32-17-7-4-15(5-8-17)25(31)30-26(36)29-16-6-9-22(19(27)12-16)35-21-10-11-28-20-14-24(34-3)23(33-2)13-18(20)21;1-34-22-12-17-19(13-23(22)35-2)27-10-9-20(17)36-21-8-5-15(11-18(21)26)28-25(37)29-24(31)14-3-6-16(7-4-14)30(32)33;1-15-4-6-16(7-5-15)23(30)29-25(34)28-17-8-10-18(11-9-17)33-24-19-12-21(31-2)22(32-3)13-20(19)26-14-27-24;1-31-20-11-18-19(12-21(20)32-2)26-13-27-23(18)33-17-9-7-16(8-10-17)28-24(34)29-22(30)14-3-5-15(25)6-4-14/h4-14H,1-3H3,(H2,29,30,31,36);3-13H,1-2H3,(H2,28,29,31,37);4-14H,1-3H3,(H2,28,29,30,34);3-13H,1-2H3,(H2,28,29,30,34). The van der Waals surface area contributed by atoms with Gasteiger partial charge in [-0.15, -0.1) is 0 Å². The minimum Gasteiger partial charge on any atom is -0.497 e. The molecule has 4 heterocycles. The molecule has 0 unspecified atom stereocenters. The summed E-state index contributed by atoms with van der Waals surface area (Å²) in [5.41, 5.74) is 7.71. The number of ether oxygens (including phenoxy) is 13. The Morgan fingerprint density at radius 3 is 0.915 bits per heavy atom. The maximum absolute atomic E-state index is 12.4. The normalized spacial score (nSPS) is 10.4. The van der Waals surface area contributed by atoms with Crippen LogP contribution in [0.2, 0.25) is 15.1 Å². The van der Waals surface area contributed by atoms with Crippen molar-refractivity contribution in [2.24, 2.45) is 0 Å². The largest absolute Gasteiger partial charge is 0.497 e. The van der Waals surface area contributed by atoms with Crippen LogP contribution in [0, 0.1) is 17.0 Å². The van der Waals surface area contributed by atoms with Gasteiger partial charge < -0.3 is 82.8 Å². The highest BCUT2D eigenvalue weighted by molar-refractivity contribution is 7.81. The molecule has 141 heavy (non-hydrogen) atoms. The van der Waals surface area contributed by atoms with Crippen molar-refractivity contribution >= 4 is 200 Å². The molecule has 0 saturated carbocycles. The van der Waals surface area contributed by atoms with Gasteiger partial charge in [0.2, 0.25) is 11.8 Å². The molecule has 0 spiro atoms. The Labute approximate surface area is 841 Å². The molecule has 0 bridgehead atoms. The number of carbonyl (C=O) groups is 4. The zero-order valence-corrected chi connectivity index (χ0v) is 81.6. The zero-order valence-electron chi connectivity index (χ0n) is 76.1. The van der Waals surface area contributed by atoms with Gasteiger partial charge in [0.1, 0.15) is 52.9 Å². The van der Waals surface area contributed by atoms with Crippen molar-refractivity contribution in [1.82, 2.24) is 51.2 Å². The predicted octanol–water partition coefficient (Wildman–Crippen LogP) is 21.7. The number of benzene rings is 12. The molecule has 716 valence electrons. The summed E-state index contributed by atoms with van der Waals surface area (Å²) in [6.07, 6.45) is 6.09. The van der Waals surface area contributed by atoms with Crippen molar-refractivity contribution in [3.05, 3.63) is 321 Å². The Morgan fingerprint density at radius 1 is 0.298 bits per heavy atom. The van der Waals surface area contributed by atoms with Crippen molar-refractivity contribution in [2.75, 3.05) is 85.3 Å². The Kier molecular flexibility index (Phi) is 34.8. The van der Waals surface area contributed by atoms with Gasteiger partial charge in [0, 0.05) is 110 Å². The lowest BCUT2D eigenvalue weighted by Gasteiger charge is -2.14. The number of carbonyl (C=O) groups excluding carboxylic acids is 4. The second kappa shape index (κ2) is 48.3. The van der Waals surface area contributed by atoms with Crippen LogP contribution in [0.4, 0.5) is 28.4 Å². The number of pyridine rings is 2. The quantitative estimate of drug-likeness (QED) is 0.0142. The topological polar surface area (TPSA) is 405 Å². The van der Waals surface area contributed by atoms with E-state index in [-0.39, 0.29) is 49.4 Å². The fourth-order valence-corrected chi connectivity index (χ4v) is 14.5. The van der Waals surface area contributed by atoms with E-state index in [1.54, 1.807) is 283 Å². The van der Waals surface area contributed by atoms with Gasteiger partial charge in [-0.1, -0.05) is 52.5 Å². The molecule has 0 aliphatic rings. The van der Waals surface area contributed by atoms with E-state index in [1.807, 2.05) is 19.1 Å². The molecule has 16 rings (SSSR count). The maximum Gasteiger partial charge on any atom is 0.269 e. The van der Waals surface area contributed by atoms with Crippen LogP contribution in [-0.4, -0.2) is 143 Å². The summed E-state index contributed by atoms with van der Waals surface area (Å²) in [4.78, 5) is 85.4. The molecule has 34 nitrogen and oxygen atoms in total. The molecule has 4 amide bonds.